The van der Waals surface area contributed by atoms with Crippen molar-refractivity contribution in [3.8, 4) is 18.9 Å². The van der Waals surface area contributed by atoms with Crippen molar-refractivity contribution in [3.63, 3.8) is 0 Å². The Bertz CT molecular complexity index is 174. The van der Waals surface area contributed by atoms with Gasteiger partial charge in [0.15, 0.2) is 0 Å². The molecule has 2 nitrogen and oxygen atoms in total. The van der Waals surface area contributed by atoms with Crippen molar-refractivity contribution in [3.05, 3.63) is 4.85 Å². The summed E-state index contributed by atoms with van der Waals surface area (Å²) in [6.07, 6.45) is 5.64. The molecule has 2 unspecified atom stereocenters. The van der Waals surface area contributed by atoms with Gasteiger partial charge in [0.1, 0.15) is 5.92 Å². The van der Waals surface area contributed by atoms with E-state index in [4.69, 9.17) is 17.7 Å². The van der Waals surface area contributed by atoms with Crippen LogP contribution in [0.4, 0.5) is 0 Å². The van der Waals surface area contributed by atoms with E-state index in [1.165, 1.54) is 0 Å². The zero-order chi connectivity index (χ0) is 6.69. The summed E-state index contributed by atoms with van der Waals surface area (Å²) in [4.78, 5) is 3.48. The van der Waals surface area contributed by atoms with Gasteiger partial charge in [-0.2, -0.15) is 0 Å². The van der Waals surface area contributed by atoms with Crippen LogP contribution in [0.25, 0.3) is 4.85 Å². The van der Waals surface area contributed by atoms with Crippen LogP contribution in [0.15, 0.2) is 0 Å². The van der Waals surface area contributed by atoms with E-state index in [1.807, 2.05) is 0 Å². The quantitative estimate of drug-likeness (QED) is 0.472. The molecule has 0 bridgehead atoms. The molecule has 0 aromatic carbocycles. The highest BCUT2D eigenvalue weighted by Gasteiger charge is 2.39. The van der Waals surface area contributed by atoms with Crippen LogP contribution in [0.1, 0.15) is 6.42 Å². The van der Waals surface area contributed by atoms with Gasteiger partial charge in [-0.3, -0.25) is 0 Å². The maximum atomic E-state index is 5.07. The minimum absolute atomic E-state index is 0.138. The number of hydrogen-bond acceptors (Lipinski definition) is 1. The lowest BCUT2D eigenvalue weighted by atomic mass is 10.0. The fourth-order valence-electron chi connectivity index (χ4n) is 0.794. The average molecular weight is 122 g/mol. The van der Waals surface area contributed by atoms with Crippen molar-refractivity contribution in [1.82, 2.24) is 0 Å². The van der Waals surface area contributed by atoms with E-state index >= 15 is 0 Å². The molecular formula is C7H8NO+. The van der Waals surface area contributed by atoms with Crippen molar-refractivity contribution in [1.29, 1.82) is 0 Å². The van der Waals surface area contributed by atoms with Crippen molar-refractivity contribution < 1.29 is 4.74 Å². The van der Waals surface area contributed by atoms with Crippen molar-refractivity contribution >= 4 is 0 Å². The predicted octanol–water partition coefficient (Wildman–Crippen LogP) is 0.945. The van der Waals surface area contributed by atoms with E-state index < -0.39 is 0 Å². The van der Waals surface area contributed by atoms with E-state index in [1.54, 1.807) is 0 Å². The lowest BCUT2D eigenvalue weighted by Crippen LogP contribution is -2.36. The third-order valence-corrected chi connectivity index (χ3v) is 1.41. The van der Waals surface area contributed by atoms with E-state index in [-0.39, 0.29) is 6.23 Å². The van der Waals surface area contributed by atoms with Crippen LogP contribution in [-0.2, 0) is 4.74 Å². The van der Waals surface area contributed by atoms with Crippen molar-refractivity contribution in [2.75, 3.05) is 6.61 Å². The van der Waals surface area contributed by atoms with Crippen LogP contribution in [0.2, 0.25) is 0 Å². The van der Waals surface area contributed by atoms with Gasteiger partial charge in [-0.1, -0.05) is 4.85 Å². The number of terminal acetylenes is 1. The molecule has 1 rings (SSSR count). The Balaban J connectivity index is 2.31. The third kappa shape index (κ3) is 1.04. The van der Waals surface area contributed by atoms with E-state index in [9.17, 15) is 0 Å². The standard InChI is InChI=1S/C7H8NO/c1-3-4-6-5-9-7(6)8-2/h1-2,6-7H,4-5H2/q+1. The van der Waals surface area contributed by atoms with Crippen LogP contribution in [-0.4, -0.2) is 12.8 Å². The zero-order valence-corrected chi connectivity index (χ0v) is 5.08. The molecule has 0 spiro atoms. The summed E-state index contributed by atoms with van der Waals surface area (Å²) in [5, 5.41) is 0. The number of rotatable bonds is 1. The summed E-state index contributed by atoms with van der Waals surface area (Å²) in [6, 6.07) is 0. The highest BCUT2D eigenvalue weighted by molar-refractivity contribution is 4.96. The Morgan fingerprint density at radius 3 is 2.89 bits per heavy atom. The molecule has 1 aliphatic heterocycles. The molecule has 1 aliphatic rings. The molecule has 1 fully saturated rings. The highest BCUT2D eigenvalue weighted by atomic mass is 16.5. The second kappa shape index (κ2) is 2.53. The van der Waals surface area contributed by atoms with Gasteiger partial charge >= 0.3 is 6.23 Å². The first-order valence-corrected chi connectivity index (χ1v) is 2.83. The summed E-state index contributed by atoms with van der Waals surface area (Å²) < 4.78 is 4.96. The zero-order valence-electron chi connectivity index (χ0n) is 5.08. The number of ether oxygens (including phenoxy) is 1. The Morgan fingerprint density at radius 1 is 1.78 bits per heavy atom. The second-order valence-corrected chi connectivity index (χ2v) is 2.04. The normalized spacial score (nSPS) is 31.8. The third-order valence-electron chi connectivity index (χ3n) is 1.41. The van der Waals surface area contributed by atoms with Gasteiger partial charge in [0.05, 0.1) is 6.61 Å². The van der Waals surface area contributed by atoms with Crippen LogP contribution in [0.5, 0.6) is 0 Å². The molecule has 1 saturated heterocycles. The summed E-state index contributed by atoms with van der Waals surface area (Å²) in [5.41, 5.74) is 0. The number of nitrogens with zero attached hydrogens (tertiary/aromatic N) is 1. The molecule has 46 valence electrons. The summed E-state index contributed by atoms with van der Waals surface area (Å²) in [6.45, 7) is 5.69. The smallest absolute Gasteiger partial charge is 0.306 e. The SMILES string of the molecule is C#CCC1COC1[N+]#C. The van der Waals surface area contributed by atoms with Gasteiger partial charge in [-0.05, 0) is 0 Å². The first kappa shape index (κ1) is 6.13. The van der Waals surface area contributed by atoms with E-state index in [2.05, 4.69) is 10.8 Å². The average Bonchev–Trinajstić information content (AvgIpc) is 1.82. The van der Waals surface area contributed by atoms with E-state index in [0.29, 0.717) is 18.9 Å². The number of hydrogen-bond donors (Lipinski definition) is 0. The largest absolute Gasteiger partial charge is 0.382 e. The predicted molar refractivity (Wildman–Crippen MR) is 35.0 cm³/mol. The molecule has 0 aromatic rings. The molecule has 0 amide bonds. The Hall–Kier alpha value is -0.990. The Labute approximate surface area is 54.6 Å². The topological polar surface area (TPSA) is 13.6 Å². The minimum atomic E-state index is -0.138. The molecule has 9 heavy (non-hydrogen) atoms. The van der Waals surface area contributed by atoms with Gasteiger partial charge in [0.25, 0.3) is 6.57 Å². The Morgan fingerprint density at radius 2 is 2.56 bits per heavy atom. The molecular weight excluding hydrogens is 114 g/mol. The fourth-order valence-corrected chi connectivity index (χ4v) is 0.794. The highest BCUT2D eigenvalue weighted by Crippen LogP contribution is 2.23. The lowest BCUT2D eigenvalue weighted by Gasteiger charge is -2.22. The van der Waals surface area contributed by atoms with Crippen LogP contribution in [0.3, 0.4) is 0 Å². The van der Waals surface area contributed by atoms with Crippen molar-refractivity contribution in [2.45, 2.75) is 12.6 Å². The van der Waals surface area contributed by atoms with Crippen LogP contribution < -0.4 is 0 Å². The summed E-state index contributed by atoms with van der Waals surface area (Å²) in [5.74, 6) is 2.90. The molecule has 0 aliphatic carbocycles. The van der Waals surface area contributed by atoms with Gasteiger partial charge in [0.2, 0.25) is 0 Å². The van der Waals surface area contributed by atoms with E-state index in [0.717, 1.165) is 0 Å². The minimum Gasteiger partial charge on any atom is -0.306 e. The molecule has 2 atom stereocenters. The van der Waals surface area contributed by atoms with Gasteiger partial charge in [0, 0.05) is 6.42 Å². The van der Waals surface area contributed by atoms with Crippen LogP contribution in [0, 0.1) is 24.8 Å². The molecule has 0 aromatic heterocycles. The molecule has 2 heteroatoms. The van der Waals surface area contributed by atoms with Gasteiger partial charge < -0.3 is 4.74 Å². The summed E-state index contributed by atoms with van der Waals surface area (Å²) in [7, 11) is 0. The van der Waals surface area contributed by atoms with Gasteiger partial charge in [-0.15, -0.1) is 12.3 Å². The molecule has 0 saturated carbocycles. The second-order valence-electron chi connectivity index (χ2n) is 2.04. The first-order chi connectivity index (χ1) is 4.38. The lowest BCUT2D eigenvalue weighted by molar-refractivity contribution is -0.0833. The fraction of sp³-hybridized carbons (Fsp3) is 0.571. The molecule has 0 N–H and O–H groups in total. The molecule has 1 heterocycles. The maximum absolute atomic E-state index is 5.07. The van der Waals surface area contributed by atoms with Crippen LogP contribution >= 0.6 is 0 Å². The monoisotopic (exact) mass is 122 g/mol. The Kier molecular flexibility index (Phi) is 1.72. The molecule has 0 radical (unpaired) electrons. The first-order valence-electron chi connectivity index (χ1n) is 2.83. The van der Waals surface area contributed by atoms with Gasteiger partial charge in [-0.25, -0.2) is 0 Å². The summed E-state index contributed by atoms with van der Waals surface area (Å²) >= 11 is 0. The maximum Gasteiger partial charge on any atom is 0.382 e. The van der Waals surface area contributed by atoms with Crippen molar-refractivity contribution in [2.24, 2.45) is 5.92 Å².